The Morgan fingerprint density at radius 2 is 0.712 bits per heavy atom. The molecule has 0 bridgehead atoms. The van der Waals surface area contributed by atoms with Crippen LogP contribution in [-0.2, 0) is 43.7 Å². The summed E-state index contributed by atoms with van der Waals surface area (Å²) in [7, 11) is 0. The van der Waals surface area contributed by atoms with Crippen molar-refractivity contribution in [3.63, 3.8) is 0 Å². The molecule has 296 valence electrons. The lowest BCUT2D eigenvalue weighted by Crippen LogP contribution is -2.37. The number of hydrogen-bond donors (Lipinski definition) is 4. The topological polar surface area (TPSA) is 85.0 Å². The minimum absolute atomic E-state index is 0.0435. The zero-order valence-corrected chi connectivity index (χ0v) is 29.5. The summed E-state index contributed by atoms with van der Waals surface area (Å²) in [6.07, 6.45) is -21.0. The quantitative estimate of drug-likeness (QED) is 0.0845. The van der Waals surface area contributed by atoms with E-state index < -0.39 is 70.9 Å². The van der Waals surface area contributed by atoms with Gasteiger partial charge >= 0.3 is 24.7 Å². The summed E-state index contributed by atoms with van der Waals surface area (Å²) >= 11 is 9.80. The van der Waals surface area contributed by atoms with Gasteiger partial charge < -0.3 is 40.2 Å². The molecule has 2 aromatic rings. The average molecular weight is 809 g/mol. The Morgan fingerprint density at radius 1 is 0.481 bits per heavy atom. The lowest BCUT2D eigenvalue weighted by atomic mass is 10.1. The molecule has 0 aromatic heterocycles. The fourth-order valence-electron chi connectivity index (χ4n) is 3.83. The molecule has 0 aliphatic carbocycles. The van der Waals surface area contributed by atoms with Crippen LogP contribution in [0.4, 0.5) is 64.1 Å². The third kappa shape index (κ3) is 17.6. The molecule has 4 N–H and O–H groups in total. The smallest absolute Gasteiger partial charge is 0.357 e. The molecule has 0 spiro atoms. The Hall–Kier alpha value is -3.18. The van der Waals surface area contributed by atoms with Crippen molar-refractivity contribution < 1.29 is 71.6 Å². The highest BCUT2D eigenvalue weighted by Crippen LogP contribution is 2.39. The van der Waals surface area contributed by atoms with Crippen LogP contribution in [0, 0.1) is 0 Å². The number of ether oxygens (including phenoxy) is 4. The molecular formula is C30H36F12N4O4S2. The van der Waals surface area contributed by atoms with Crippen LogP contribution in [0.3, 0.4) is 0 Å². The second kappa shape index (κ2) is 20.9. The lowest BCUT2D eigenvalue weighted by Gasteiger charge is -2.19. The van der Waals surface area contributed by atoms with Crippen molar-refractivity contribution in [2.75, 3.05) is 50.2 Å². The van der Waals surface area contributed by atoms with E-state index in [1.165, 1.54) is 0 Å². The molecule has 8 nitrogen and oxygen atoms in total. The molecule has 0 amide bonds. The maximum Gasteiger partial charge on any atom is 0.416 e. The van der Waals surface area contributed by atoms with Gasteiger partial charge in [0.2, 0.25) is 0 Å². The van der Waals surface area contributed by atoms with E-state index in [0.717, 1.165) is 0 Å². The normalized spacial score (nSPS) is 12.3. The molecule has 0 saturated carbocycles. The molecule has 0 aliphatic heterocycles. The molecule has 22 heteroatoms. The summed E-state index contributed by atoms with van der Waals surface area (Å²) in [5, 5.41) is 9.55. The molecule has 0 aliphatic rings. The molecule has 0 unspecified atom stereocenters. The van der Waals surface area contributed by atoms with Crippen LogP contribution < -0.4 is 21.3 Å². The van der Waals surface area contributed by atoms with E-state index in [1.54, 1.807) is 27.7 Å². The molecule has 2 aromatic carbocycles. The van der Waals surface area contributed by atoms with Crippen molar-refractivity contribution in [1.82, 2.24) is 10.6 Å². The second-order valence-electron chi connectivity index (χ2n) is 9.94. The number of halogens is 12. The monoisotopic (exact) mass is 808 g/mol. The van der Waals surface area contributed by atoms with Crippen LogP contribution in [0.25, 0.3) is 0 Å². The summed E-state index contributed by atoms with van der Waals surface area (Å²) in [6, 6.07) is 2.28. The van der Waals surface area contributed by atoms with Gasteiger partial charge in [0.25, 0.3) is 0 Å². The zero-order chi connectivity index (χ0) is 39.9. The standard InChI is InChI=1S/2C15H18F6N2O2S/c2*1-3-24-12(25-4-2)8-22-13(26)23-11-6-9(14(16,17)18)5-10(7-11)15(19,20)21/h2*5-7,12H,3-4,8H2,1-2H3,(H2,22,23,26). The third-order valence-electron chi connectivity index (χ3n) is 5.96. The van der Waals surface area contributed by atoms with Gasteiger partial charge in [-0.1, -0.05) is 0 Å². The van der Waals surface area contributed by atoms with Crippen LogP contribution in [0.5, 0.6) is 0 Å². The van der Waals surface area contributed by atoms with Crippen molar-refractivity contribution in [3.05, 3.63) is 58.7 Å². The van der Waals surface area contributed by atoms with Crippen molar-refractivity contribution >= 4 is 46.0 Å². The van der Waals surface area contributed by atoms with E-state index in [9.17, 15) is 52.7 Å². The van der Waals surface area contributed by atoms with Gasteiger partial charge in [-0.3, -0.25) is 0 Å². The van der Waals surface area contributed by atoms with E-state index in [2.05, 4.69) is 21.3 Å². The molecule has 0 fully saturated rings. The predicted molar refractivity (Wildman–Crippen MR) is 175 cm³/mol. The Bertz CT molecular complexity index is 1240. The highest BCUT2D eigenvalue weighted by Gasteiger charge is 2.38. The molecule has 0 heterocycles. The van der Waals surface area contributed by atoms with E-state index in [-0.39, 0.29) is 35.4 Å². The van der Waals surface area contributed by atoms with Crippen LogP contribution in [0.1, 0.15) is 49.9 Å². The third-order valence-corrected chi connectivity index (χ3v) is 6.45. The first-order valence-electron chi connectivity index (χ1n) is 15.1. The number of rotatable bonds is 14. The van der Waals surface area contributed by atoms with Gasteiger partial charge in [0, 0.05) is 37.8 Å². The number of benzene rings is 2. The van der Waals surface area contributed by atoms with Gasteiger partial charge in [-0.05, 0) is 88.5 Å². The molecule has 0 saturated heterocycles. The summed E-state index contributed by atoms with van der Waals surface area (Å²) in [5.74, 6) is 0. The zero-order valence-electron chi connectivity index (χ0n) is 27.8. The Balaban J connectivity index is 0.000000520. The molecule has 0 atom stereocenters. The first kappa shape index (κ1) is 46.8. The van der Waals surface area contributed by atoms with Crippen LogP contribution >= 0.6 is 24.4 Å². The van der Waals surface area contributed by atoms with Crippen LogP contribution in [0.2, 0.25) is 0 Å². The Kier molecular flexibility index (Phi) is 18.8. The van der Waals surface area contributed by atoms with E-state index in [4.69, 9.17) is 43.4 Å². The maximum atomic E-state index is 12.8. The number of hydrogen-bond acceptors (Lipinski definition) is 6. The molecule has 52 heavy (non-hydrogen) atoms. The Morgan fingerprint density at radius 3 is 0.904 bits per heavy atom. The number of anilines is 2. The van der Waals surface area contributed by atoms with Gasteiger partial charge in [0.15, 0.2) is 22.8 Å². The van der Waals surface area contributed by atoms with Crippen molar-refractivity contribution in [3.8, 4) is 0 Å². The largest absolute Gasteiger partial charge is 0.416 e. The SMILES string of the molecule is CCOC(CNC(=S)Nc1cc(C(F)(F)F)cc(C(F)(F)F)c1)OCC.CCOC(CNC(=S)Nc1cc(C(F)(F)F)cc(C(F)(F)F)c1)OCC. The highest BCUT2D eigenvalue weighted by atomic mass is 32.1. The van der Waals surface area contributed by atoms with E-state index in [1.807, 2.05) is 0 Å². The molecule has 0 radical (unpaired) electrons. The summed E-state index contributed by atoms with van der Waals surface area (Å²) in [5.41, 5.74) is -6.60. The van der Waals surface area contributed by atoms with Gasteiger partial charge in [-0.2, -0.15) is 52.7 Å². The van der Waals surface area contributed by atoms with Crippen molar-refractivity contribution in [1.29, 1.82) is 0 Å². The lowest BCUT2D eigenvalue weighted by molar-refractivity contribution is -0.144. The fraction of sp³-hybridized carbons (Fsp3) is 0.533. The Labute approximate surface area is 301 Å². The minimum atomic E-state index is -4.93. The second-order valence-corrected chi connectivity index (χ2v) is 10.8. The van der Waals surface area contributed by atoms with Crippen molar-refractivity contribution in [2.45, 2.75) is 65.0 Å². The first-order valence-corrected chi connectivity index (χ1v) is 15.9. The fourth-order valence-corrected chi connectivity index (χ4v) is 4.23. The highest BCUT2D eigenvalue weighted by molar-refractivity contribution is 7.80. The van der Waals surface area contributed by atoms with E-state index in [0.29, 0.717) is 50.7 Å². The van der Waals surface area contributed by atoms with Crippen LogP contribution in [-0.4, -0.2) is 62.3 Å². The predicted octanol–water partition coefficient (Wildman–Crippen LogP) is 8.82. The van der Waals surface area contributed by atoms with Gasteiger partial charge in [-0.25, -0.2) is 0 Å². The number of nitrogens with one attached hydrogen (secondary N) is 4. The number of alkyl halides is 12. The number of thiocarbonyl (C=S) groups is 2. The molecular weight excluding hydrogens is 772 g/mol. The summed E-state index contributed by atoms with van der Waals surface area (Å²) < 4.78 is 175. The first-order chi connectivity index (χ1) is 23.9. The minimum Gasteiger partial charge on any atom is -0.357 e. The summed E-state index contributed by atoms with van der Waals surface area (Å²) in [6.45, 7) is 8.52. The maximum absolute atomic E-state index is 12.8. The van der Waals surface area contributed by atoms with Gasteiger partial charge in [0.1, 0.15) is 0 Å². The van der Waals surface area contributed by atoms with Gasteiger partial charge in [0.05, 0.1) is 35.3 Å². The average Bonchev–Trinajstić information content (AvgIpc) is 3.01. The van der Waals surface area contributed by atoms with Gasteiger partial charge in [-0.15, -0.1) is 0 Å². The van der Waals surface area contributed by atoms with Crippen LogP contribution in [0.15, 0.2) is 36.4 Å². The summed E-state index contributed by atoms with van der Waals surface area (Å²) in [4.78, 5) is 0. The van der Waals surface area contributed by atoms with Crippen molar-refractivity contribution in [2.24, 2.45) is 0 Å². The molecule has 2 rings (SSSR count). The van der Waals surface area contributed by atoms with E-state index >= 15 is 0 Å².